The topological polar surface area (TPSA) is 66.5 Å². The average Bonchev–Trinajstić information content (AvgIpc) is 2.60. The van der Waals surface area contributed by atoms with Gasteiger partial charge in [0.15, 0.2) is 0 Å². The van der Waals surface area contributed by atoms with Crippen LogP contribution in [0.1, 0.15) is 52.4 Å². The predicted octanol–water partition coefficient (Wildman–Crippen LogP) is 4.98. The lowest BCUT2D eigenvalue weighted by molar-refractivity contribution is -0.121. The highest BCUT2D eigenvalue weighted by Crippen LogP contribution is 2.28. The van der Waals surface area contributed by atoms with Crippen molar-refractivity contribution in [3.8, 4) is 0 Å². The zero-order valence-corrected chi connectivity index (χ0v) is 19.5. The summed E-state index contributed by atoms with van der Waals surface area (Å²) in [5.74, 6) is 0.471. The Bertz CT molecular complexity index is 713. The minimum atomic E-state index is -3.46. The van der Waals surface area contributed by atoms with Crippen molar-refractivity contribution in [3.05, 3.63) is 27.7 Å². The number of carbonyl (C=O) groups is 1. The average molecular weight is 482 g/mol. The number of nitrogens with zero attached hydrogens (tertiary/aromatic N) is 1. The molecule has 1 aromatic rings. The summed E-state index contributed by atoms with van der Waals surface area (Å²) < 4.78 is 26.2. The zero-order valence-electron chi connectivity index (χ0n) is 16.3. The minimum absolute atomic E-state index is 0.0350. The van der Waals surface area contributed by atoms with Gasteiger partial charge in [-0.3, -0.25) is 9.10 Å². The molecule has 0 fully saturated rings. The van der Waals surface area contributed by atoms with Crippen LogP contribution in [-0.2, 0) is 14.8 Å². The smallest absolute Gasteiger partial charge is 0.232 e. The van der Waals surface area contributed by atoms with Crippen LogP contribution < -0.4 is 9.62 Å². The first-order valence-corrected chi connectivity index (χ1v) is 12.4. The van der Waals surface area contributed by atoms with Gasteiger partial charge in [-0.1, -0.05) is 44.7 Å². The Labute approximate surface area is 177 Å². The summed E-state index contributed by atoms with van der Waals surface area (Å²) in [5.41, 5.74) is 0.497. The molecule has 0 radical (unpaired) electrons. The Kier molecular flexibility index (Phi) is 10.7. The van der Waals surface area contributed by atoms with Gasteiger partial charge in [0, 0.05) is 24.0 Å². The third kappa shape index (κ3) is 8.83. The highest BCUT2D eigenvalue weighted by Gasteiger charge is 2.18. The SMILES string of the molecule is CCCC[C@H](CC)CNC(=O)CCCN(c1ccc(Br)c(Cl)c1)S(C)(=O)=O. The largest absolute Gasteiger partial charge is 0.356 e. The monoisotopic (exact) mass is 480 g/mol. The van der Waals surface area contributed by atoms with E-state index in [4.69, 9.17) is 11.6 Å². The molecule has 154 valence electrons. The fourth-order valence-electron chi connectivity index (χ4n) is 2.80. The molecule has 1 rings (SSSR count). The number of benzene rings is 1. The Morgan fingerprint density at radius 3 is 2.56 bits per heavy atom. The van der Waals surface area contributed by atoms with E-state index in [0.29, 0.717) is 40.5 Å². The molecule has 27 heavy (non-hydrogen) atoms. The number of sulfonamides is 1. The van der Waals surface area contributed by atoms with Gasteiger partial charge in [0.05, 0.1) is 17.0 Å². The highest BCUT2D eigenvalue weighted by molar-refractivity contribution is 9.10. The van der Waals surface area contributed by atoms with Gasteiger partial charge < -0.3 is 5.32 Å². The van der Waals surface area contributed by atoms with Crippen molar-refractivity contribution in [2.45, 2.75) is 52.4 Å². The Morgan fingerprint density at radius 1 is 1.30 bits per heavy atom. The van der Waals surface area contributed by atoms with E-state index < -0.39 is 10.0 Å². The Balaban J connectivity index is 2.57. The maximum Gasteiger partial charge on any atom is 0.232 e. The van der Waals surface area contributed by atoms with Crippen LogP contribution in [0.5, 0.6) is 0 Å². The number of carbonyl (C=O) groups excluding carboxylic acids is 1. The van der Waals surface area contributed by atoms with Crippen LogP contribution >= 0.6 is 27.5 Å². The lowest BCUT2D eigenvalue weighted by Crippen LogP contribution is -2.33. The van der Waals surface area contributed by atoms with Gasteiger partial charge in [-0.25, -0.2) is 8.42 Å². The van der Waals surface area contributed by atoms with E-state index in [2.05, 4.69) is 35.1 Å². The maximum atomic E-state index is 12.1. The summed E-state index contributed by atoms with van der Waals surface area (Å²) in [5, 5.41) is 3.42. The second kappa shape index (κ2) is 11.9. The number of unbranched alkanes of at least 4 members (excludes halogenated alkanes) is 1. The molecule has 0 heterocycles. The molecule has 0 aliphatic rings. The van der Waals surface area contributed by atoms with Crippen LogP contribution in [-0.4, -0.2) is 33.7 Å². The van der Waals surface area contributed by atoms with Crippen molar-refractivity contribution < 1.29 is 13.2 Å². The molecule has 0 aliphatic carbocycles. The molecule has 0 aliphatic heterocycles. The van der Waals surface area contributed by atoms with Gasteiger partial charge in [0.2, 0.25) is 15.9 Å². The van der Waals surface area contributed by atoms with E-state index in [-0.39, 0.29) is 12.5 Å². The maximum absolute atomic E-state index is 12.1. The van der Waals surface area contributed by atoms with E-state index in [1.165, 1.54) is 10.7 Å². The van der Waals surface area contributed by atoms with E-state index in [0.717, 1.165) is 25.5 Å². The predicted molar refractivity (Wildman–Crippen MR) is 117 cm³/mol. The van der Waals surface area contributed by atoms with E-state index in [1.54, 1.807) is 18.2 Å². The summed E-state index contributed by atoms with van der Waals surface area (Å²) >= 11 is 9.38. The van der Waals surface area contributed by atoms with Crippen molar-refractivity contribution in [1.82, 2.24) is 5.32 Å². The molecule has 0 unspecified atom stereocenters. The van der Waals surface area contributed by atoms with E-state index in [9.17, 15) is 13.2 Å². The summed E-state index contributed by atoms with van der Waals surface area (Å²) in [7, 11) is -3.46. The molecule has 1 atom stereocenters. The number of amides is 1. The number of rotatable bonds is 12. The van der Waals surface area contributed by atoms with Gasteiger partial charge in [-0.15, -0.1) is 0 Å². The Hall–Kier alpha value is -0.790. The van der Waals surface area contributed by atoms with Crippen molar-refractivity contribution in [1.29, 1.82) is 0 Å². The quantitative estimate of drug-likeness (QED) is 0.458. The number of anilines is 1. The lowest BCUT2D eigenvalue weighted by Gasteiger charge is -2.23. The minimum Gasteiger partial charge on any atom is -0.356 e. The molecule has 1 N–H and O–H groups in total. The van der Waals surface area contributed by atoms with Crippen LogP contribution in [0, 0.1) is 5.92 Å². The molecule has 0 saturated carbocycles. The standard InChI is InChI=1S/C19H30BrClN2O3S/c1-4-6-8-15(5-2)14-22-19(24)9-7-12-23(27(3,25)26)16-10-11-17(20)18(21)13-16/h10-11,13,15H,4-9,12,14H2,1-3H3,(H,22,24)/t15-/m0/s1. The first kappa shape index (κ1) is 24.2. The van der Waals surface area contributed by atoms with E-state index >= 15 is 0 Å². The fourth-order valence-corrected chi connectivity index (χ4v) is 4.18. The third-order valence-electron chi connectivity index (χ3n) is 4.49. The van der Waals surface area contributed by atoms with Gasteiger partial charge >= 0.3 is 0 Å². The molecule has 1 aromatic carbocycles. The van der Waals surface area contributed by atoms with Crippen LogP contribution in [0.2, 0.25) is 5.02 Å². The fraction of sp³-hybridized carbons (Fsp3) is 0.632. The first-order chi connectivity index (χ1) is 12.7. The van der Waals surface area contributed by atoms with Gasteiger partial charge in [0.1, 0.15) is 0 Å². The molecular formula is C19H30BrClN2O3S. The highest BCUT2D eigenvalue weighted by atomic mass is 79.9. The van der Waals surface area contributed by atoms with Gasteiger partial charge in [-0.05, 0) is 52.9 Å². The molecule has 1 amide bonds. The van der Waals surface area contributed by atoms with Gasteiger partial charge in [-0.2, -0.15) is 0 Å². The Morgan fingerprint density at radius 2 is 2.00 bits per heavy atom. The van der Waals surface area contributed by atoms with Crippen molar-refractivity contribution in [2.24, 2.45) is 5.92 Å². The molecule has 0 bridgehead atoms. The number of halogens is 2. The second-order valence-electron chi connectivity index (χ2n) is 6.76. The number of nitrogens with one attached hydrogen (secondary N) is 1. The van der Waals surface area contributed by atoms with Crippen LogP contribution in [0.15, 0.2) is 22.7 Å². The number of hydrogen-bond acceptors (Lipinski definition) is 3. The summed E-state index contributed by atoms with van der Waals surface area (Å²) in [6.45, 7) is 5.22. The molecule has 0 aromatic heterocycles. The molecule has 0 spiro atoms. The third-order valence-corrected chi connectivity index (χ3v) is 6.91. The summed E-state index contributed by atoms with van der Waals surface area (Å²) in [6, 6.07) is 5.01. The first-order valence-electron chi connectivity index (χ1n) is 9.38. The van der Waals surface area contributed by atoms with E-state index in [1.807, 2.05) is 0 Å². The molecule has 0 saturated heterocycles. The van der Waals surface area contributed by atoms with Crippen LogP contribution in [0.4, 0.5) is 5.69 Å². The van der Waals surface area contributed by atoms with Crippen molar-refractivity contribution in [2.75, 3.05) is 23.7 Å². The molecule has 5 nitrogen and oxygen atoms in total. The second-order valence-corrected chi connectivity index (χ2v) is 9.93. The lowest BCUT2D eigenvalue weighted by atomic mass is 9.99. The summed E-state index contributed by atoms with van der Waals surface area (Å²) in [6.07, 6.45) is 6.40. The van der Waals surface area contributed by atoms with Crippen molar-refractivity contribution in [3.63, 3.8) is 0 Å². The zero-order chi connectivity index (χ0) is 20.4. The van der Waals surface area contributed by atoms with Gasteiger partial charge in [0.25, 0.3) is 0 Å². The normalized spacial score (nSPS) is 12.6. The number of hydrogen-bond donors (Lipinski definition) is 1. The molecule has 8 heteroatoms. The van der Waals surface area contributed by atoms with Crippen LogP contribution in [0.25, 0.3) is 0 Å². The summed E-state index contributed by atoms with van der Waals surface area (Å²) in [4.78, 5) is 12.1. The molecular weight excluding hydrogens is 452 g/mol. The van der Waals surface area contributed by atoms with Crippen molar-refractivity contribution >= 4 is 49.1 Å². The van der Waals surface area contributed by atoms with Crippen LogP contribution in [0.3, 0.4) is 0 Å².